The molecule has 0 aliphatic rings. The first kappa shape index (κ1) is 9.83. The summed E-state index contributed by atoms with van der Waals surface area (Å²) in [5.41, 5.74) is 6.83. The number of anilines is 1. The van der Waals surface area contributed by atoms with Crippen LogP contribution in [0.25, 0.3) is 0 Å². The minimum Gasteiger partial charge on any atom is -0.508 e. The first-order valence-electron chi connectivity index (χ1n) is 3.83. The molecule has 4 nitrogen and oxygen atoms in total. The maximum atomic E-state index is 9.21. The topological polar surface area (TPSA) is 64.7 Å². The fourth-order valence-corrected chi connectivity index (χ4v) is 1.12. The van der Waals surface area contributed by atoms with Gasteiger partial charge in [0.25, 0.3) is 0 Å². The maximum absolute atomic E-state index is 9.21. The third-order valence-corrected chi connectivity index (χ3v) is 1.75. The third kappa shape index (κ3) is 2.11. The number of ether oxygens (including phenoxy) is 2. The lowest BCUT2D eigenvalue weighted by Crippen LogP contribution is -2.06. The number of nitrogens with two attached hydrogens (primary N) is 1. The van der Waals surface area contributed by atoms with Crippen molar-refractivity contribution in [2.24, 2.45) is 0 Å². The van der Waals surface area contributed by atoms with E-state index in [2.05, 4.69) is 0 Å². The van der Waals surface area contributed by atoms with Crippen LogP contribution >= 0.6 is 0 Å². The zero-order chi connectivity index (χ0) is 9.84. The number of phenolic OH excluding ortho intramolecular Hbond substituents is 1. The van der Waals surface area contributed by atoms with Gasteiger partial charge in [-0.3, -0.25) is 0 Å². The Morgan fingerprint density at radius 2 is 1.92 bits per heavy atom. The predicted molar refractivity (Wildman–Crippen MR) is 49.3 cm³/mol. The molecule has 0 aliphatic heterocycles. The lowest BCUT2D eigenvalue weighted by Gasteiger charge is -2.15. The normalized spacial score (nSPS) is 10.7. The molecule has 0 atom stereocenters. The van der Waals surface area contributed by atoms with Crippen molar-refractivity contribution < 1.29 is 14.6 Å². The Labute approximate surface area is 76.9 Å². The van der Waals surface area contributed by atoms with E-state index in [1.54, 1.807) is 6.07 Å². The van der Waals surface area contributed by atoms with Crippen LogP contribution in [-0.4, -0.2) is 19.3 Å². The molecule has 0 spiro atoms. The molecule has 0 aliphatic carbocycles. The van der Waals surface area contributed by atoms with Gasteiger partial charge in [-0.05, 0) is 18.2 Å². The Bertz CT molecular complexity index is 284. The van der Waals surface area contributed by atoms with Crippen LogP contribution in [0.1, 0.15) is 11.9 Å². The van der Waals surface area contributed by atoms with E-state index in [9.17, 15) is 5.11 Å². The fraction of sp³-hybridized carbons (Fsp3) is 0.333. The van der Waals surface area contributed by atoms with E-state index in [4.69, 9.17) is 15.2 Å². The lowest BCUT2D eigenvalue weighted by atomic mass is 10.1. The van der Waals surface area contributed by atoms with Gasteiger partial charge in [-0.15, -0.1) is 0 Å². The SMILES string of the molecule is COC(OC)c1cc(O)ccc1N. The average Bonchev–Trinajstić information content (AvgIpc) is 2.13. The second-order valence-corrected chi connectivity index (χ2v) is 2.62. The first-order valence-corrected chi connectivity index (χ1v) is 3.83. The van der Waals surface area contributed by atoms with Crippen LogP contribution < -0.4 is 5.73 Å². The number of hydrogen-bond acceptors (Lipinski definition) is 4. The summed E-state index contributed by atoms with van der Waals surface area (Å²) in [5, 5.41) is 9.21. The van der Waals surface area contributed by atoms with Crippen LogP contribution in [0.4, 0.5) is 5.69 Å². The maximum Gasteiger partial charge on any atom is 0.185 e. The molecular weight excluding hydrogens is 170 g/mol. The third-order valence-electron chi connectivity index (χ3n) is 1.75. The molecule has 0 fully saturated rings. The highest BCUT2D eigenvalue weighted by Gasteiger charge is 2.12. The molecule has 0 amide bonds. The summed E-state index contributed by atoms with van der Waals surface area (Å²) < 4.78 is 10.0. The highest BCUT2D eigenvalue weighted by molar-refractivity contribution is 5.50. The highest BCUT2D eigenvalue weighted by Crippen LogP contribution is 2.26. The Morgan fingerprint density at radius 3 is 2.46 bits per heavy atom. The smallest absolute Gasteiger partial charge is 0.185 e. The lowest BCUT2D eigenvalue weighted by molar-refractivity contribution is -0.105. The zero-order valence-electron chi connectivity index (χ0n) is 7.65. The molecule has 4 heteroatoms. The van der Waals surface area contributed by atoms with Crippen molar-refractivity contribution in [2.75, 3.05) is 20.0 Å². The largest absolute Gasteiger partial charge is 0.508 e. The van der Waals surface area contributed by atoms with Crippen molar-refractivity contribution >= 4 is 5.69 Å². The Morgan fingerprint density at radius 1 is 1.31 bits per heavy atom. The van der Waals surface area contributed by atoms with E-state index in [0.717, 1.165) is 0 Å². The molecule has 1 rings (SSSR count). The van der Waals surface area contributed by atoms with Crippen molar-refractivity contribution in [3.63, 3.8) is 0 Å². The van der Waals surface area contributed by atoms with Crippen molar-refractivity contribution in [2.45, 2.75) is 6.29 Å². The Hall–Kier alpha value is -1.26. The molecule has 72 valence electrons. The Balaban J connectivity index is 3.03. The second kappa shape index (κ2) is 4.11. The van der Waals surface area contributed by atoms with Gasteiger partial charge in [-0.2, -0.15) is 0 Å². The quantitative estimate of drug-likeness (QED) is 0.420. The number of rotatable bonds is 3. The summed E-state index contributed by atoms with van der Waals surface area (Å²) in [4.78, 5) is 0. The molecule has 0 bridgehead atoms. The van der Waals surface area contributed by atoms with Gasteiger partial charge >= 0.3 is 0 Å². The summed E-state index contributed by atoms with van der Waals surface area (Å²) in [6, 6.07) is 4.64. The number of phenols is 1. The van der Waals surface area contributed by atoms with Crippen molar-refractivity contribution in [1.82, 2.24) is 0 Å². The first-order chi connectivity index (χ1) is 6.19. The summed E-state index contributed by atoms with van der Waals surface area (Å²) >= 11 is 0. The van der Waals surface area contributed by atoms with Gasteiger partial charge in [0.1, 0.15) is 5.75 Å². The molecule has 0 heterocycles. The van der Waals surface area contributed by atoms with Gasteiger partial charge in [0.05, 0.1) is 0 Å². The summed E-state index contributed by atoms with van der Waals surface area (Å²) in [6.45, 7) is 0. The molecule has 0 saturated carbocycles. The van der Waals surface area contributed by atoms with Gasteiger partial charge in [-0.1, -0.05) is 0 Å². The number of nitrogen functional groups attached to an aromatic ring is 1. The minimum absolute atomic E-state index is 0.142. The van der Waals surface area contributed by atoms with Gasteiger partial charge in [0, 0.05) is 25.5 Å². The van der Waals surface area contributed by atoms with E-state index in [1.807, 2.05) is 0 Å². The molecule has 13 heavy (non-hydrogen) atoms. The monoisotopic (exact) mass is 183 g/mol. The standard InChI is InChI=1S/C9H13NO3/c1-12-9(13-2)7-5-6(11)3-4-8(7)10/h3-5,9,11H,10H2,1-2H3. The van der Waals surface area contributed by atoms with E-state index in [1.165, 1.54) is 26.4 Å². The minimum atomic E-state index is -0.535. The van der Waals surface area contributed by atoms with Gasteiger partial charge in [0.15, 0.2) is 6.29 Å². The van der Waals surface area contributed by atoms with Gasteiger partial charge < -0.3 is 20.3 Å². The Kier molecular flexibility index (Phi) is 3.11. The fourth-order valence-electron chi connectivity index (χ4n) is 1.12. The van der Waals surface area contributed by atoms with E-state index < -0.39 is 6.29 Å². The second-order valence-electron chi connectivity index (χ2n) is 2.62. The zero-order valence-corrected chi connectivity index (χ0v) is 7.65. The number of aromatic hydroxyl groups is 1. The molecule has 1 aromatic carbocycles. The molecule has 0 aromatic heterocycles. The molecular formula is C9H13NO3. The van der Waals surface area contributed by atoms with E-state index in [0.29, 0.717) is 11.3 Å². The molecule has 3 N–H and O–H groups in total. The van der Waals surface area contributed by atoms with Crippen molar-refractivity contribution in [3.05, 3.63) is 23.8 Å². The van der Waals surface area contributed by atoms with Crippen molar-refractivity contribution in [3.8, 4) is 5.75 Å². The molecule has 0 radical (unpaired) electrons. The van der Waals surface area contributed by atoms with Crippen LogP contribution in [0.15, 0.2) is 18.2 Å². The van der Waals surface area contributed by atoms with Gasteiger partial charge in [0.2, 0.25) is 0 Å². The van der Waals surface area contributed by atoms with Crippen LogP contribution in [0.2, 0.25) is 0 Å². The van der Waals surface area contributed by atoms with Crippen LogP contribution in [0.5, 0.6) is 5.75 Å². The van der Waals surface area contributed by atoms with Crippen molar-refractivity contribution in [1.29, 1.82) is 0 Å². The number of benzene rings is 1. The number of hydrogen-bond donors (Lipinski definition) is 2. The van der Waals surface area contributed by atoms with E-state index >= 15 is 0 Å². The van der Waals surface area contributed by atoms with Crippen LogP contribution in [-0.2, 0) is 9.47 Å². The molecule has 0 unspecified atom stereocenters. The molecule has 0 saturated heterocycles. The average molecular weight is 183 g/mol. The van der Waals surface area contributed by atoms with Crippen LogP contribution in [0, 0.1) is 0 Å². The molecule has 1 aromatic rings. The van der Waals surface area contributed by atoms with E-state index in [-0.39, 0.29) is 5.75 Å². The highest BCUT2D eigenvalue weighted by atomic mass is 16.7. The number of methoxy groups -OCH3 is 2. The van der Waals surface area contributed by atoms with Crippen LogP contribution in [0.3, 0.4) is 0 Å². The van der Waals surface area contributed by atoms with Gasteiger partial charge in [-0.25, -0.2) is 0 Å². The summed E-state index contributed by atoms with van der Waals surface area (Å²) in [5.74, 6) is 0.142. The summed E-state index contributed by atoms with van der Waals surface area (Å²) in [6.07, 6.45) is -0.535. The predicted octanol–water partition coefficient (Wildman–Crippen LogP) is 1.27. The summed E-state index contributed by atoms with van der Waals surface area (Å²) in [7, 11) is 3.02.